The zero-order chi connectivity index (χ0) is 19.9. The molecular weight excluding hydrogens is 372 g/mol. The minimum absolute atomic E-state index is 0.137. The molecule has 0 spiro atoms. The Hall–Kier alpha value is -3.12. The van der Waals surface area contributed by atoms with E-state index in [2.05, 4.69) is 10.3 Å². The van der Waals surface area contributed by atoms with E-state index in [-0.39, 0.29) is 12.0 Å². The van der Waals surface area contributed by atoms with Crippen molar-refractivity contribution in [2.45, 2.75) is 20.0 Å². The predicted octanol–water partition coefficient (Wildman–Crippen LogP) is 5.26. The first-order valence-corrected chi connectivity index (χ1v) is 9.77. The summed E-state index contributed by atoms with van der Waals surface area (Å²) in [7, 11) is 1.62. The molecule has 0 radical (unpaired) electrons. The molecule has 3 rings (SSSR count). The van der Waals surface area contributed by atoms with Crippen molar-refractivity contribution in [1.29, 1.82) is 0 Å². The topological polar surface area (TPSA) is 60.5 Å². The fourth-order valence-electron chi connectivity index (χ4n) is 2.47. The molecular formula is C22H22N2O3S. The molecule has 3 aromatic rings. The highest BCUT2D eigenvalue weighted by Gasteiger charge is 2.07. The van der Waals surface area contributed by atoms with Gasteiger partial charge in [0.2, 0.25) is 5.91 Å². The predicted molar refractivity (Wildman–Crippen MR) is 114 cm³/mol. The third-order valence-electron chi connectivity index (χ3n) is 3.80. The Bertz CT molecular complexity index is 945. The molecule has 1 heterocycles. The van der Waals surface area contributed by atoms with Crippen LogP contribution in [-0.4, -0.2) is 24.1 Å². The van der Waals surface area contributed by atoms with Crippen LogP contribution in [0.25, 0.3) is 17.3 Å². The number of hydrogen-bond donors (Lipinski definition) is 1. The number of thiazole rings is 1. The normalized spacial score (nSPS) is 11.0. The number of nitrogens with zero attached hydrogens (tertiary/aromatic N) is 1. The third kappa shape index (κ3) is 5.44. The van der Waals surface area contributed by atoms with Crippen LogP contribution in [0.2, 0.25) is 0 Å². The Kier molecular flexibility index (Phi) is 6.45. The van der Waals surface area contributed by atoms with E-state index in [0.717, 1.165) is 28.3 Å². The number of anilines is 1. The van der Waals surface area contributed by atoms with Crippen LogP contribution in [0.4, 0.5) is 5.13 Å². The lowest BCUT2D eigenvalue weighted by molar-refractivity contribution is -0.111. The number of hydrogen-bond acceptors (Lipinski definition) is 5. The fraction of sp³-hybridized carbons (Fsp3) is 0.182. The fourth-order valence-corrected chi connectivity index (χ4v) is 3.20. The van der Waals surface area contributed by atoms with Gasteiger partial charge in [-0.1, -0.05) is 12.1 Å². The molecule has 1 amide bonds. The van der Waals surface area contributed by atoms with E-state index in [1.165, 1.54) is 17.4 Å². The Morgan fingerprint density at radius 3 is 2.39 bits per heavy atom. The highest BCUT2D eigenvalue weighted by atomic mass is 32.1. The quantitative estimate of drug-likeness (QED) is 0.556. The van der Waals surface area contributed by atoms with Crippen LogP contribution in [-0.2, 0) is 4.79 Å². The average Bonchev–Trinajstić information content (AvgIpc) is 3.15. The van der Waals surface area contributed by atoms with E-state index in [1.54, 1.807) is 13.2 Å². The maximum absolute atomic E-state index is 12.1. The molecule has 1 N–H and O–H groups in total. The van der Waals surface area contributed by atoms with Crippen molar-refractivity contribution >= 4 is 28.5 Å². The van der Waals surface area contributed by atoms with Crippen LogP contribution in [0.5, 0.6) is 11.5 Å². The summed E-state index contributed by atoms with van der Waals surface area (Å²) in [5.74, 6) is 1.38. The van der Waals surface area contributed by atoms with Crippen molar-refractivity contribution < 1.29 is 14.3 Å². The lowest BCUT2D eigenvalue weighted by Gasteiger charge is -2.09. The molecule has 5 nitrogen and oxygen atoms in total. The summed E-state index contributed by atoms with van der Waals surface area (Å²) < 4.78 is 10.8. The Labute approximate surface area is 168 Å². The molecule has 1 aromatic heterocycles. The number of aromatic nitrogens is 1. The number of carbonyl (C=O) groups excluding carboxylic acids is 1. The maximum Gasteiger partial charge on any atom is 0.250 e. The van der Waals surface area contributed by atoms with Gasteiger partial charge in [0.25, 0.3) is 0 Å². The van der Waals surface area contributed by atoms with Gasteiger partial charge in [-0.3, -0.25) is 10.1 Å². The van der Waals surface area contributed by atoms with Crippen molar-refractivity contribution in [3.63, 3.8) is 0 Å². The molecule has 0 aliphatic heterocycles. The summed E-state index contributed by atoms with van der Waals surface area (Å²) in [4.78, 5) is 16.6. The Morgan fingerprint density at radius 1 is 1.07 bits per heavy atom. The van der Waals surface area contributed by atoms with Crippen molar-refractivity contribution in [2.75, 3.05) is 12.4 Å². The first-order valence-electron chi connectivity index (χ1n) is 8.89. The number of rotatable bonds is 7. The summed E-state index contributed by atoms with van der Waals surface area (Å²) in [6, 6.07) is 15.2. The molecule has 0 fully saturated rings. The van der Waals surface area contributed by atoms with Gasteiger partial charge in [-0.15, -0.1) is 11.3 Å². The van der Waals surface area contributed by atoms with Gasteiger partial charge in [-0.2, -0.15) is 0 Å². The van der Waals surface area contributed by atoms with E-state index in [9.17, 15) is 4.79 Å². The van der Waals surface area contributed by atoms with E-state index in [0.29, 0.717) is 5.13 Å². The Balaban J connectivity index is 1.60. The molecule has 0 saturated carbocycles. The molecule has 144 valence electrons. The van der Waals surface area contributed by atoms with Crippen molar-refractivity contribution in [3.8, 4) is 22.8 Å². The largest absolute Gasteiger partial charge is 0.497 e. The number of benzene rings is 2. The molecule has 0 atom stereocenters. The second-order valence-electron chi connectivity index (χ2n) is 6.32. The highest BCUT2D eigenvalue weighted by molar-refractivity contribution is 7.14. The van der Waals surface area contributed by atoms with Gasteiger partial charge in [0.05, 0.1) is 18.9 Å². The average molecular weight is 394 g/mol. The third-order valence-corrected chi connectivity index (χ3v) is 4.56. The minimum Gasteiger partial charge on any atom is -0.497 e. The van der Waals surface area contributed by atoms with Crippen LogP contribution in [0.15, 0.2) is 60.0 Å². The molecule has 0 unspecified atom stereocenters. The van der Waals surface area contributed by atoms with E-state index < -0.39 is 0 Å². The molecule has 28 heavy (non-hydrogen) atoms. The lowest BCUT2D eigenvalue weighted by Crippen LogP contribution is -2.07. The van der Waals surface area contributed by atoms with E-state index in [1.807, 2.05) is 67.8 Å². The Morgan fingerprint density at radius 2 is 1.75 bits per heavy atom. The molecule has 6 heteroatoms. The van der Waals surface area contributed by atoms with Crippen molar-refractivity contribution in [1.82, 2.24) is 4.98 Å². The standard InChI is InChI=1S/C22H22N2O3S/c1-15(2)27-19-11-7-17(8-12-19)20-14-28-22(23-20)24-21(25)13-6-16-4-9-18(26-3)10-5-16/h4-15H,1-3H3,(H,23,24,25)/b13-6+. The first-order chi connectivity index (χ1) is 13.5. The molecule has 0 bridgehead atoms. The van der Waals surface area contributed by atoms with Crippen molar-refractivity contribution in [3.05, 3.63) is 65.6 Å². The second kappa shape index (κ2) is 9.19. The smallest absolute Gasteiger partial charge is 0.250 e. The SMILES string of the molecule is COc1ccc(/C=C/C(=O)Nc2nc(-c3ccc(OC(C)C)cc3)cs2)cc1. The number of carbonyl (C=O) groups is 1. The van der Waals surface area contributed by atoms with Gasteiger partial charge in [-0.25, -0.2) is 4.98 Å². The van der Waals surface area contributed by atoms with Crippen LogP contribution >= 0.6 is 11.3 Å². The van der Waals surface area contributed by atoms with Gasteiger partial charge in [-0.05, 0) is 61.9 Å². The maximum atomic E-state index is 12.1. The number of ether oxygens (including phenoxy) is 2. The van der Waals surface area contributed by atoms with Crippen LogP contribution in [0.1, 0.15) is 19.4 Å². The monoisotopic (exact) mass is 394 g/mol. The van der Waals surface area contributed by atoms with Crippen LogP contribution in [0, 0.1) is 0 Å². The second-order valence-corrected chi connectivity index (χ2v) is 7.18. The lowest BCUT2D eigenvalue weighted by atomic mass is 10.2. The van der Waals surface area contributed by atoms with Gasteiger partial charge >= 0.3 is 0 Å². The van der Waals surface area contributed by atoms with Gasteiger partial charge < -0.3 is 9.47 Å². The summed E-state index contributed by atoms with van der Waals surface area (Å²) in [6.07, 6.45) is 3.37. The summed E-state index contributed by atoms with van der Waals surface area (Å²) in [6.45, 7) is 3.98. The highest BCUT2D eigenvalue weighted by Crippen LogP contribution is 2.26. The summed E-state index contributed by atoms with van der Waals surface area (Å²) >= 11 is 1.39. The molecule has 0 aliphatic rings. The minimum atomic E-state index is -0.225. The number of nitrogens with one attached hydrogen (secondary N) is 1. The van der Waals surface area contributed by atoms with E-state index in [4.69, 9.17) is 9.47 Å². The first kappa shape index (κ1) is 19.6. The number of methoxy groups -OCH3 is 1. The van der Waals surface area contributed by atoms with Crippen LogP contribution in [0.3, 0.4) is 0 Å². The van der Waals surface area contributed by atoms with E-state index >= 15 is 0 Å². The van der Waals surface area contributed by atoms with Gasteiger partial charge in [0.1, 0.15) is 11.5 Å². The van der Waals surface area contributed by atoms with Gasteiger partial charge in [0.15, 0.2) is 5.13 Å². The number of amides is 1. The summed E-state index contributed by atoms with van der Waals surface area (Å²) in [5, 5.41) is 5.27. The molecule has 2 aromatic carbocycles. The van der Waals surface area contributed by atoms with Crippen molar-refractivity contribution in [2.24, 2.45) is 0 Å². The summed E-state index contributed by atoms with van der Waals surface area (Å²) in [5.41, 5.74) is 2.71. The zero-order valence-electron chi connectivity index (χ0n) is 16.0. The van der Waals surface area contributed by atoms with Crippen LogP contribution < -0.4 is 14.8 Å². The molecule has 0 aliphatic carbocycles. The van der Waals surface area contributed by atoms with Gasteiger partial charge in [0, 0.05) is 17.0 Å². The molecule has 0 saturated heterocycles. The zero-order valence-corrected chi connectivity index (χ0v) is 16.8.